The van der Waals surface area contributed by atoms with Crippen LogP contribution in [0.2, 0.25) is 0 Å². The third kappa shape index (κ3) is 6.21. The third-order valence-electron chi connectivity index (χ3n) is 0.723. The van der Waals surface area contributed by atoms with Gasteiger partial charge in [0.15, 0.2) is 0 Å². The molecule has 10 heteroatoms. The summed E-state index contributed by atoms with van der Waals surface area (Å²) >= 11 is 0. The number of rotatable bonds is 6. The van der Waals surface area contributed by atoms with Crippen molar-refractivity contribution in [1.29, 1.82) is 0 Å². The van der Waals surface area contributed by atoms with Crippen molar-refractivity contribution in [3.8, 4) is 0 Å². The standard InChI is InChI=1S/C4H4N4O6/c9-3(13-7-5-11)1-2-4(10)14-8-6-12/h1-2H,(H,7,11)(H,8,12)/b2-1+. The van der Waals surface area contributed by atoms with E-state index in [4.69, 9.17) is 0 Å². The first-order valence-electron chi connectivity index (χ1n) is 2.95. The topological polar surface area (TPSA) is 136 Å². The van der Waals surface area contributed by atoms with Crippen molar-refractivity contribution in [2.24, 2.45) is 10.6 Å². The van der Waals surface area contributed by atoms with Gasteiger partial charge in [0.25, 0.3) is 0 Å². The molecule has 0 aliphatic rings. The minimum atomic E-state index is -1.05. The molecule has 0 spiro atoms. The zero-order valence-corrected chi connectivity index (χ0v) is 6.50. The zero-order valence-electron chi connectivity index (χ0n) is 6.50. The highest BCUT2D eigenvalue weighted by Crippen LogP contribution is 1.81. The Hall–Kier alpha value is -2.52. The van der Waals surface area contributed by atoms with Gasteiger partial charge in [0.05, 0.1) is 10.6 Å². The largest absolute Gasteiger partial charge is 0.358 e. The van der Waals surface area contributed by atoms with Crippen molar-refractivity contribution >= 4 is 11.9 Å². The van der Waals surface area contributed by atoms with Crippen LogP contribution in [0.3, 0.4) is 0 Å². The summed E-state index contributed by atoms with van der Waals surface area (Å²) in [7, 11) is 0. The quantitative estimate of drug-likeness (QED) is 0.319. The molecule has 0 aliphatic carbocycles. The Bertz CT molecular complexity index is 237. The average Bonchev–Trinajstić information content (AvgIpc) is 2.20. The molecule has 0 aliphatic heterocycles. The monoisotopic (exact) mass is 204 g/mol. The Balaban J connectivity index is 3.78. The van der Waals surface area contributed by atoms with E-state index in [1.54, 1.807) is 0 Å². The summed E-state index contributed by atoms with van der Waals surface area (Å²) in [5.41, 5.74) is 2.69. The molecule has 14 heavy (non-hydrogen) atoms. The van der Waals surface area contributed by atoms with Gasteiger partial charge < -0.3 is 9.68 Å². The van der Waals surface area contributed by atoms with Crippen LogP contribution in [0.25, 0.3) is 0 Å². The number of nitroso groups, excluding NO2 is 2. The lowest BCUT2D eigenvalue weighted by Crippen LogP contribution is -2.14. The number of carbonyl (C=O) groups is 2. The molecule has 10 nitrogen and oxygen atoms in total. The Kier molecular flexibility index (Phi) is 5.86. The van der Waals surface area contributed by atoms with Crippen LogP contribution < -0.4 is 11.2 Å². The van der Waals surface area contributed by atoms with Crippen LogP contribution in [-0.2, 0) is 19.3 Å². The molecule has 0 unspecified atom stereocenters. The van der Waals surface area contributed by atoms with E-state index in [0.29, 0.717) is 12.2 Å². The summed E-state index contributed by atoms with van der Waals surface area (Å²) in [5.74, 6) is -2.11. The molecule has 0 aromatic carbocycles. The summed E-state index contributed by atoms with van der Waals surface area (Å²) in [6, 6.07) is 0. The molecule has 0 heterocycles. The fourth-order valence-electron chi connectivity index (χ4n) is 0.331. The number of hydrogen-bond donors (Lipinski definition) is 2. The maximum absolute atomic E-state index is 10.5. The lowest BCUT2D eigenvalue weighted by molar-refractivity contribution is -0.147. The van der Waals surface area contributed by atoms with Crippen molar-refractivity contribution in [1.82, 2.24) is 11.2 Å². The van der Waals surface area contributed by atoms with Gasteiger partial charge in [-0.3, -0.25) is 0 Å². The van der Waals surface area contributed by atoms with Gasteiger partial charge in [0.1, 0.15) is 0 Å². The van der Waals surface area contributed by atoms with Crippen LogP contribution in [0.4, 0.5) is 0 Å². The van der Waals surface area contributed by atoms with Crippen LogP contribution in [0.15, 0.2) is 22.7 Å². The maximum Gasteiger partial charge on any atom is 0.358 e. The van der Waals surface area contributed by atoms with E-state index in [1.807, 2.05) is 10.6 Å². The molecule has 0 atom stereocenters. The molecule has 0 radical (unpaired) electrons. The first-order chi connectivity index (χ1) is 6.70. The average molecular weight is 204 g/mol. The SMILES string of the molecule is O=NNOC(=O)/C=C/C(=O)ONN=O. The van der Waals surface area contributed by atoms with Crippen molar-refractivity contribution in [3.63, 3.8) is 0 Å². The number of hydrogen-bond acceptors (Lipinski definition) is 8. The van der Waals surface area contributed by atoms with Crippen LogP contribution in [0.5, 0.6) is 0 Å². The lowest BCUT2D eigenvalue weighted by atomic mass is 10.5. The highest BCUT2D eigenvalue weighted by Gasteiger charge is 2.00. The summed E-state index contributed by atoms with van der Waals surface area (Å²) in [4.78, 5) is 47.5. The predicted molar refractivity (Wildman–Crippen MR) is 39.2 cm³/mol. The molecular weight excluding hydrogens is 200 g/mol. The second-order valence-corrected chi connectivity index (χ2v) is 1.54. The van der Waals surface area contributed by atoms with Crippen LogP contribution in [0.1, 0.15) is 0 Å². The fourth-order valence-corrected chi connectivity index (χ4v) is 0.331. The number of carbonyl (C=O) groups excluding carboxylic acids is 2. The Morgan fingerprint density at radius 1 is 0.929 bits per heavy atom. The minimum absolute atomic E-state index is 0.632. The van der Waals surface area contributed by atoms with E-state index in [1.165, 1.54) is 11.2 Å². The van der Waals surface area contributed by atoms with Crippen molar-refractivity contribution in [2.75, 3.05) is 0 Å². The van der Waals surface area contributed by atoms with Gasteiger partial charge in [-0.05, 0) is 0 Å². The van der Waals surface area contributed by atoms with Gasteiger partial charge in [0, 0.05) is 12.2 Å². The summed E-state index contributed by atoms with van der Waals surface area (Å²) in [6.07, 6.45) is 1.26. The van der Waals surface area contributed by atoms with E-state index in [2.05, 4.69) is 9.68 Å². The zero-order chi connectivity index (χ0) is 10.8. The second kappa shape index (κ2) is 7.15. The normalized spacial score (nSPS) is 8.86. The van der Waals surface area contributed by atoms with Crippen molar-refractivity contribution in [3.05, 3.63) is 22.0 Å². The van der Waals surface area contributed by atoms with E-state index in [-0.39, 0.29) is 0 Å². The molecule has 2 N–H and O–H groups in total. The fraction of sp³-hybridized carbons (Fsp3) is 0. The second-order valence-electron chi connectivity index (χ2n) is 1.54. The maximum atomic E-state index is 10.5. The molecule has 0 bridgehead atoms. The lowest BCUT2D eigenvalue weighted by Gasteiger charge is -1.94. The van der Waals surface area contributed by atoms with Gasteiger partial charge in [-0.25, -0.2) is 9.59 Å². The van der Waals surface area contributed by atoms with Crippen LogP contribution >= 0.6 is 0 Å². The smallest absolute Gasteiger partial charge is 0.319 e. The molecule has 0 aromatic rings. The summed E-state index contributed by atoms with van der Waals surface area (Å²) in [6.45, 7) is 0. The Morgan fingerprint density at radius 3 is 1.57 bits per heavy atom. The first kappa shape index (κ1) is 11.5. The molecule has 0 rings (SSSR count). The van der Waals surface area contributed by atoms with Crippen molar-refractivity contribution < 1.29 is 19.3 Å². The molecule has 0 amide bonds. The molecule has 0 fully saturated rings. The van der Waals surface area contributed by atoms with Gasteiger partial charge in [-0.2, -0.15) is 0 Å². The number of nitrogens with zero attached hydrogens (tertiary/aromatic N) is 2. The molecule has 0 saturated heterocycles. The summed E-state index contributed by atoms with van der Waals surface area (Å²) in [5, 5.41) is 3.98. The number of nitrogens with one attached hydrogen (secondary N) is 2. The van der Waals surface area contributed by atoms with Gasteiger partial charge >= 0.3 is 11.9 Å². The van der Waals surface area contributed by atoms with E-state index in [9.17, 15) is 19.4 Å². The Labute approximate surface area is 76.0 Å². The minimum Gasteiger partial charge on any atom is -0.319 e. The van der Waals surface area contributed by atoms with Gasteiger partial charge in [0.2, 0.25) is 0 Å². The van der Waals surface area contributed by atoms with Crippen LogP contribution in [-0.4, -0.2) is 11.9 Å². The van der Waals surface area contributed by atoms with E-state index >= 15 is 0 Å². The predicted octanol–water partition coefficient (Wildman–Crippen LogP) is -0.999. The Morgan fingerprint density at radius 2 is 1.29 bits per heavy atom. The van der Waals surface area contributed by atoms with Crippen LogP contribution in [0, 0.1) is 9.81 Å². The van der Waals surface area contributed by atoms with Crippen molar-refractivity contribution in [2.45, 2.75) is 0 Å². The molecular formula is C4H4N4O6. The first-order valence-corrected chi connectivity index (χ1v) is 2.95. The van der Waals surface area contributed by atoms with Gasteiger partial charge in [-0.1, -0.05) is 11.2 Å². The van der Waals surface area contributed by atoms with E-state index in [0.717, 1.165) is 0 Å². The highest BCUT2D eigenvalue weighted by molar-refractivity contribution is 5.91. The highest BCUT2D eigenvalue weighted by atomic mass is 16.7. The van der Waals surface area contributed by atoms with E-state index < -0.39 is 11.9 Å². The summed E-state index contributed by atoms with van der Waals surface area (Å²) < 4.78 is 0. The molecule has 0 aromatic heterocycles. The van der Waals surface area contributed by atoms with Gasteiger partial charge in [-0.15, -0.1) is 9.81 Å². The third-order valence-corrected chi connectivity index (χ3v) is 0.723. The molecule has 76 valence electrons. The molecule has 0 saturated carbocycles.